The summed E-state index contributed by atoms with van der Waals surface area (Å²) in [5, 5.41) is 6.76. The van der Waals surface area contributed by atoms with Crippen molar-refractivity contribution < 1.29 is 9.15 Å². The topological polar surface area (TPSA) is 25.6 Å². The van der Waals surface area contributed by atoms with Crippen molar-refractivity contribution in [2.24, 2.45) is 0 Å². The second-order valence-electron chi connectivity index (χ2n) is 19.8. The standard InChI is InChI=1S/C66H45NO2/c1-65(2)54-23-11-7-20-48(54)50-33-30-44(39-58(50)65)67(43-31-36-62-53(38-43)52-22-10-14-26-61(52)68-62)60-25-13-9-17-45(60)42-27-32-51-49-21-8-12-24-55(49)66(59(51)37-42)56-34-28-40-15-3-5-18-46(40)63(56)69-64-47-19-6-4-16-41(47)29-35-57(64)66/h3-6,8-19,21-39H,7,20H2,1-2H3. The molecule has 0 radical (unpaired) electrons. The van der Waals surface area contributed by atoms with E-state index in [-0.39, 0.29) is 5.41 Å². The molecule has 3 aliphatic carbocycles. The fraction of sp³-hybridized carbons (Fsp3) is 0.0909. The minimum Gasteiger partial charge on any atom is -0.456 e. The Hall–Kier alpha value is -8.40. The second kappa shape index (κ2) is 14.1. The van der Waals surface area contributed by atoms with E-state index in [1.54, 1.807) is 0 Å². The van der Waals surface area contributed by atoms with Crippen LogP contribution in [-0.4, -0.2) is 0 Å². The van der Waals surface area contributed by atoms with Gasteiger partial charge >= 0.3 is 0 Å². The van der Waals surface area contributed by atoms with Crippen molar-refractivity contribution in [2.45, 2.75) is 37.5 Å². The normalized spacial score (nSPS) is 15.5. The number of hydrogen-bond acceptors (Lipinski definition) is 3. The summed E-state index contributed by atoms with van der Waals surface area (Å²) >= 11 is 0. The molecule has 0 amide bonds. The van der Waals surface area contributed by atoms with Crippen LogP contribution in [0.5, 0.6) is 11.5 Å². The van der Waals surface area contributed by atoms with E-state index in [0.717, 1.165) is 107 Å². The zero-order valence-electron chi connectivity index (χ0n) is 38.4. The van der Waals surface area contributed by atoms with Crippen LogP contribution in [0, 0.1) is 0 Å². The largest absolute Gasteiger partial charge is 0.456 e. The highest BCUT2D eigenvalue weighted by atomic mass is 16.5. The van der Waals surface area contributed by atoms with E-state index >= 15 is 0 Å². The molecule has 0 bridgehead atoms. The van der Waals surface area contributed by atoms with Gasteiger partial charge in [0.25, 0.3) is 0 Å². The molecule has 2 heterocycles. The molecule has 0 saturated carbocycles. The lowest BCUT2D eigenvalue weighted by atomic mass is 9.65. The summed E-state index contributed by atoms with van der Waals surface area (Å²) in [5.74, 6) is 1.84. The number of ether oxygens (including phenoxy) is 1. The van der Waals surface area contributed by atoms with Crippen LogP contribution in [0.4, 0.5) is 17.1 Å². The van der Waals surface area contributed by atoms with Crippen LogP contribution in [0.25, 0.3) is 71.3 Å². The van der Waals surface area contributed by atoms with Crippen molar-refractivity contribution in [1.82, 2.24) is 0 Å². The molecule has 4 aliphatic rings. The third-order valence-corrected chi connectivity index (χ3v) is 16.0. The van der Waals surface area contributed by atoms with Crippen molar-refractivity contribution in [2.75, 3.05) is 4.90 Å². The number of anilines is 3. The van der Waals surface area contributed by atoms with Crippen molar-refractivity contribution in [3.05, 3.63) is 251 Å². The van der Waals surface area contributed by atoms with E-state index in [2.05, 4.69) is 225 Å². The first-order valence-electron chi connectivity index (χ1n) is 24.3. The number of nitrogens with zero attached hydrogens (tertiary/aromatic N) is 1. The molecule has 0 unspecified atom stereocenters. The first-order chi connectivity index (χ1) is 34.0. The zero-order chi connectivity index (χ0) is 45.6. The summed E-state index contributed by atoms with van der Waals surface area (Å²) in [6.07, 6.45) is 6.89. The molecule has 3 heteroatoms. The van der Waals surface area contributed by atoms with Crippen LogP contribution in [0.15, 0.2) is 222 Å². The third kappa shape index (κ3) is 5.22. The molecule has 69 heavy (non-hydrogen) atoms. The fourth-order valence-corrected chi connectivity index (χ4v) is 12.9. The molecule has 10 aromatic carbocycles. The Kier molecular flexibility index (Phi) is 7.89. The minimum atomic E-state index is -0.660. The van der Waals surface area contributed by atoms with Crippen LogP contribution in [-0.2, 0) is 10.8 Å². The van der Waals surface area contributed by atoms with E-state index in [9.17, 15) is 0 Å². The highest BCUT2D eigenvalue weighted by molar-refractivity contribution is 6.07. The van der Waals surface area contributed by atoms with Gasteiger partial charge in [-0.05, 0) is 122 Å². The van der Waals surface area contributed by atoms with Gasteiger partial charge in [-0.2, -0.15) is 0 Å². The molecule has 0 fully saturated rings. The zero-order valence-corrected chi connectivity index (χ0v) is 38.4. The van der Waals surface area contributed by atoms with E-state index < -0.39 is 5.41 Å². The number of furan rings is 1. The van der Waals surface area contributed by atoms with E-state index in [4.69, 9.17) is 9.15 Å². The number of hydrogen-bond donors (Lipinski definition) is 0. The highest BCUT2D eigenvalue weighted by Gasteiger charge is 2.52. The van der Waals surface area contributed by atoms with Crippen LogP contribution in [0.1, 0.15) is 60.1 Å². The van der Waals surface area contributed by atoms with Crippen molar-refractivity contribution in [1.29, 1.82) is 0 Å². The Morgan fingerprint density at radius 3 is 1.87 bits per heavy atom. The summed E-state index contributed by atoms with van der Waals surface area (Å²) in [6, 6.07) is 74.0. The van der Waals surface area contributed by atoms with Gasteiger partial charge in [0.15, 0.2) is 0 Å². The van der Waals surface area contributed by atoms with Gasteiger partial charge in [-0.1, -0.05) is 178 Å². The van der Waals surface area contributed by atoms with Crippen LogP contribution in [0.2, 0.25) is 0 Å². The molecule has 1 aromatic heterocycles. The lowest BCUT2D eigenvalue weighted by Gasteiger charge is -2.40. The van der Waals surface area contributed by atoms with Crippen LogP contribution >= 0.6 is 0 Å². The molecule has 3 nitrogen and oxygen atoms in total. The van der Waals surface area contributed by atoms with Gasteiger partial charge < -0.3 is 14.1 Å². The Morgan fingerprint density at radius 2 is 1.07 bits per heavy atom. The summed E-state index contributed by atoms with van der Waals surface area (Å²) in [7, 11) is 0. The van der Waals surface area contributed by atoms with Gasteiger partial charge in [-0.15, -0.1) is 0 Å². The summed E-state index contributed by atoms with van der Waals surface area (Å²) in [4.78, 5) is 2.48. The molecule has 0 saturated heterocycles. The summed E-state index contributed by atoms with van der Waals surface area (Å²) in [6.45, 7) is 4.79. The van der Waals surface area contributed by atoms with Crippen molar-refractivity contribution in [3.63, 3.8) is 0 Å². The van der Waals surface area contributed by atoms with Crippen LogP contribution in [0.3, 0.4) is 0 Å². The first kappa shape index (κ1) is 38.7. The maximum atomic E-state index is 7.29. The first-order valence-corrected chi connectivity index (χ1v) is 24.3. The maximum absolute atomic E-state index is 7.29. The summed E-state index contributed by atoms with van der Waals surface area (Å²) in [5.41, 5.74) is 19.7. The molecule has 1 spiro atoms. The fourth-order valence-electron chi connectivity index (χ4n) is 12.9. The minimum absolute atomic E-state index is 0.121. The second-order valence-corrected chi connectivity index (χ2v) is 19.8. The number of fused-ring (bicyclic) bond motifs is 18. The maximum Gasteiger partial charge on any atom is 0.140 e. The van der Waals surface area contributed by atoms with Crippen molar-refractivity contribution >= 4 is 66.1 Å². The number of para-hydroxylation sites is 2. The Morgan fingerprint density at radius 1 is 0.449 bits per heavy atom. The Labute approximate surface area is 400 Å². The lowest BCUT2D eigenvalue weighted by molar-refractivity contribution is 0.447. The van der Waals surface area contributed by atoms with E-state index in [0.29, 0.717) is 0 Å². The molecule has 0 atom stereocenters. The lowest BCUT2D eigenvalue weighted by Crippen LogP contribution is -2.32. The van der Waals surface area contributed by atoms with Gasteiger partial charge in [0.1, 0.15) is 22.7 Å². The van der Waals surface area contributed by atoms with Gasteiger partial charge in [-0.25, -0.2) is 0 Å². The van der Waals surface area contributed by atoms with E-state index in [1.165, 1.54) is 44.5 Å². The predicted octanol–water partition coefficient (Wildman–Crippen LogP) is 17.9. The van der Waals surface area contributed by atoms with Gasteiger partial charge in [-0.3, -0.25) is 0 Å². The molecule has 1 aliphatic heterocycles. The Bertz CT molecular complexity index is 4020. The highest BCUT2D eigenvalue weighted by Crippen LogP contribution is 2.64. The monoisotopic (exact) mass is 883 g/mol. The van der Waals surface area contributed by atoms with Crippen molar-refractivity contribution in [3.8, 4) is 33.8 Å². The number of rotatable bonds is 4. The smallest absolute Gasteiger partial charge is 0.140 e. The van der Waals surface area contributed by atoms with Gasteiger partial charge in [0.05, 0.1) is 11.1 Å². The molecular formula is C66H45NO2. The molecule has 11 aromatic rings. The average Bonchev–Trinajstić information content (AvgIpc) is 3.99. The van der Waals surface area contributed by atoms with E-state index in [1.807, 2.05) is 6.07 Å². The molecule has 326 valence electrons. The molecular weight excluding hydrogens is 839 g/mol. The van der Waals surface area contributed by atoms with Gasteiger partial charge in [0.2, 0.25) is 0 Å². The quantitative estimate of drug-likeness (QED) is 0.176. The SMILES string of the molecule is CC1(C)C2=C(CCC=C2)c2ccc(N(c3ccc4oc5ccccc5c4c3)c3ccccc3-c3ccc4c(c3)C3(c5ccccc5-4)c4ccc5ccccc5c4Oc4c3ccc3ccccc43)cc21. The average molecular weight is 884 g/mol. The molecule has 0 N–H and O–H groups in total. The number of benzene rings is 10. The predicted molar refractivity (Wildman–Crippen MR) is 285 cm³/mol. The van der Waals surface area contributed by atoms with Crippen LogP contribution < -0.4 is 9.64 Å². The Balaban J connectivity index is 0.988. The third-order valence-electron chi connectivity index (χ3n) is 16.0. The number of allylic oxidation sites excluding steroid dienone is 4. The summed E-state index contributed by atoms with van der Waals surface area (Å²) < 4.78 is 13.7. The van der Waals surface area contributed by atoms with Gasteiger partial charge in [0, 0.05) is 55.0 Å². The molecule has 15 rings (SSSR count).